The highest BCUT2D eigenvalue weighted by atomic mass is 79.9. The molecule has 1 heterocycles. The van der Waals surface area contributed by atoms with E-state index >= 15 is 0 Å². The molecule has 0 aliphatic carbocycles. The van der Waals surface area contributed by atoms with Gasteiger partial charge in [0.05, 0.1) is 7.11 Å². The maximum atomic E-state index is 6.24. The van der Waals surface area contributed by atoms with Crippen LogP contribution in [0.1, 0.15) is 11.1 Å². The van der Waals surface area contributed by atoms with E-state index in [2.05, 4.69) is 21.2 Å². The van der Waals surface area contributed by atoms with Gasteiger partial charge in [0, 0.05) is 38.4 Å². The first-order chi connectivity index (χ1) is 15.0. The SMILES string of the molecule is COc1cc(CNc2ccc3c(c2)OCCO3)c(Br)cc1OCc1c(Cl)cccc1Cl. The van der Waals surface area contributed by atoms with Crippen LogP contribution in [0, 0.1) is 0 Å². The zero-order valence-electron chi connectivity index (χ0n) is 16.7. The van der Waals surface area contributed by atoms with Crippen LogP contribution < -0.4 is 24.3 Å². The van der Waals surface area contributed by atoms with Crippen LogP contribution in [-0.4, -0.2) is 20.3 Å². The van der Waals surface area contributed by atoms with Crippen molar-refractivity contribution >= 4 is 44.8 Å². The monoisotopic (exact) mass is 523 g/mol. The molecular weight excluding hydrogens is 505 g/mol. The maximum absolute atomic E-state index is 6.24. The van der Waals surface area contributed by atoms with Crippen LogP contribution >= 0.6 is 39.1 Å². The molecule has 0 amide bonds. The molecule has 0 aromatic heterocycles. The molecule has 1 N–H and O–H groups in total. The molecule has 8 heteroatoms. The highest BCUT2D eigenvalue weighted by molar-refractivity contribution is 9.10. The Hall–Kier alpha value is -2.28. The number of nitrogens with one attached hydrogen (secondary N) is 1. The van der Waals surface area contributed by atoms with E-state index in [1.807, 2.05) is 30.3 Å². The van der Waals surface area contributed by atoms with Gasteiger partial charge in [-0.25, -0.2) is 0 Å². The van der Waals surface area contributed by atoms with E-state index in [9.17, 15) is 0 Å². The zero-order chi connectivity index (χ0) is 21.8. The molecule has 0 saturated carbocycles. The molecule has 0 spiro atoms. The Labute approximate surface area is 199 Å². The molecule has 3 aromatic rings. The van der Waals surface area contributed by atoms with Gasteiger partial charge in [0.1, 0.15) is 19.8 Å². The Kier molecular flexibility index (Phi) is 7.00. The van der Waals surface area contributed by atoms with Crippen molar-refractivity contribution in [3.05, 3.63) is 74.2 Å². The van der Waals surface area contributed by atoms with Crippen molar-refractivity contribution in [3.63, 3.8) is 0 Å². The molecule has 0 saturated heterocycles. The number of benzene rings is 3. The third-order valence-corrected chi connectivity index (χ3v) is 6.24. The fourth-order valence-corrected chi connectivity index (χ4v) is 4.12. The summed E-state index contributed by atoms with van der Waals surface area (Å²) in [5, 5.41) is 4.52. The molecule has 0 fully saturated rings. The summed E-state index contributed by atoms with van der Waals surface area (Å²) in [6.45, 7) is 1.94. The average molecular weight is 525 g/mol. The first-order valence-corrected chi connectivity index (χ1v) is 11.2. The van der Waals surface area contributed by atoms with Gasteiger partial charge in [0.2, 0.25) is 0 Å². The smallest absolute Gasteiger partial charge is 0.163 e. The van der Waals surface area contributed by atoms with Gasteiger partial charge in [-0.05, 0) is 42.0 Å². The minimum absolute atomic E-state index is 0.232. The summed E-state index contributed by atoms with van der Waals surface area (Å²) in [5.41, 5.74) is 2.67. The molecule has 0 radical (unpaired) electrons. The first kappa shape index (κ1) is 21.9. The molecule has 5 nitrogen and oxygen atoms in total. The number of hydrogen-bond donors (Lipinski definition) is 1. The van der Waals surface area contributed by atoms with Gasteiger partial charge in [0.15, 0.2) is 23.0 Å². The van der Waals surface area contributed by atoms with E-state index in [4.69, 9.17) is 42.1 Å². The summed E-state index contributed by atoms with van der Waals surface area (Å²) in [6, 6.07) is 15.0. The van der Waals surface area contributed by atoms with Crippen LogP contribution in [0.3, 0.4) is 0 Å². The standard InChI is InChI=1S/C23H20BrCl2NO4/c1-28-21-9-14(12-27-15-5-6-20-22(10-15)30-8-7-29-20)17(24)11-23(21)31-13-16-18(25)3-2-4-19(16)26/h2-6,9-11,27H,7-8,12-13H2,1H3. The quantitative estimate of drug-likeness (QED) is 0.371. The van der Waals surface area contributed by atoms with Crippen molar-refractivity contribution in [2.45, 2.75) is 13.2 Å². The van der Waals surface area contributed by atoms with Crippen LogP contribution in [0.5, 0.6) is 23.0 Å². The normalized spacial score (nSPS) is 12.4. The van der Waals surface area contributed by atoms with Crippen molar-refractivity contribution in [3.8, 4) is 23.0 Å². The Balaban J connectivity index is 1.47. The minimum Gasteiger partial charge on any atom is -0.493 e. The number of ether oxygens (including phenoxy) is 4. The number of rotatable bonds is 7. The Morgan fingerprint density at radius 1 is 0.968 bits per heavy atom. The predicted molar refractivity (Wildman–Crippen MR) is 126 cm³/mol. The molecule has 31 heavy (non-hydrogen) atoms. The van der Waals surface area contributed by atoms with Crippen molar-refractivity contribution < 1.29 is 18.9 Å². The molecule has 1 aliphatic rings. The summed E-state index contributed by atoms with van der Waals surface area (Å²) in [7, 11) is 1.61. The second-order valence-corrected chi connectivity index (χ2v) is 8.46. The van der Waals surface area contributed by atoms with Gasteiger partial charge in [0.25, 0.3) is 0 Å². The summed E-state index contributed by atoms with van der Waals surface area (Å²) < 4.78 is 23.6. The third-order valence-electron chi connectivity index (χ3n) is 4.79. The van der Waals surface area contributed by atoms with Gasteiger partial charge in [-0.2, -0.15) is 0 Å². The number of halogens is 3. The number of hydrogen-bond acceptors (Lipinski definition) is 5. The Morgan fingerprint density at radius 2 is 1.71 bits per heavy atom. The van der Waals surface area contributed by atoms with E-state index in [0.29, 0.717) is 41.3 Å². The molecule has 0 unspecified atom stereocenters. The van der Waals surface area contributed by atoms with Gasteiger partial charge in [-0.3, -0.25) is 0 Å². The van der Waals surface area contributed by atoms with Crippen LogP contribution in [0.2, 0.25) is 10.0 Å². The lowest BCUT2D eigenvalue weighted by Crippen LogP contribution is -2.15. The number of methoxy groups -OCH3 is 1. The van der Waals surface area contributed by atoms with Crippen LogP contribution in [0.15, 0.2) is 53.0 Å². The third kappa shape index (κ3) is 5.14. The Morgan fingerprint density at radius 3 is 2.45 bits per heavy atom. The van der Waals surface area contributed by atoms with Crippen LogP contribution in [-0.2, 0) is 13.2 Å². The highest BCUT2D eigenvalue weighted by Gasteiger charge is 2.14. The van der Waals surface area contributed by atoms with Crippen LogP contribution in [0.25, 0.3) is 0 Å². The topological polar surface area (TPSA) is 49.0 Å². The minimum atomic E-state index is 0.232. The second-order valence-electron chi connectivity index (χ2n) is 6.80. The largest absolute Gasteiger partial charge is 0.493 e. The Bertz CT molecular complexity index is 1070. The number of fused-ring (bicyclic) bond motifs is 1. The summed E-state index contributed by atoms with van der Waals surface area (Å²) in [6.07, 6.45) is 0. The lowest BCUT2D eigenvalue weighted by Gasteiger charge is -2.19. The first-order valence-electron chi connectivity index (χ1n) is 9.61. The van der Waals surface area contributed by atoms with E-state index in [-0.39, 0.29) is 6.61 Å². The molecular formula is C23H20BrCl2NO4. The van der Waals surface area contributed by atoms with E-state index < -0.39 is 0 Å². The second kappa shape index (κ2) is 9.90. The maximum Gasteiger partial charge on any atom is 0.163 e. The van der Waals surface area contributed by atoms with Crippen molar-refractivity contribution in [1.82, 2.24) is 0 Å². The summed E-state index contributed by atoms with van der Waals surface area (Å²) in [5.74, 6) is 2.72. The molecule has 0 atom stereocenters. The molecule has 162 valence electrons. The van der Waals surface area contributed by atoms with Gasteiger partial charge < -0.3 is 24.3 Å². The average Bonchev–Trinajstić information content (AvgIpc) is 2.78. The van der Waals surface area contributed by atoms with Gasteiger partial charge in [-0.1, -0.05) is 45.2 Å². The van der Waals surface area contributed by atoms with E-state index in [1.165, 1.54) is 0 Å². The van der Waals surface area contributed by atoms with Crippen molar-refractivity contribution in [2.24, 2.45) is 0 Å². The number of anilines is 1. The van der Waals surface area contributed by atoms with E-state index in [1.54, 1.807) is 25.3 Å². The molecule has 0 bridgehead atoms. The lowest BCUT2D eigenvalue weighted by molar-refractivity contribution is 0.171. The van der Waals surface area contributed by atoms with Crippen molar-refractivity contribution in [2.75, 3.05) is 25.6 Å². The summed E-state index contributed by atoms with van der Waals surface area (Å²) in [4.78, 5) is 0. The predicted octanol–water partition coefficient (Wildman–Crippen LogP) is 6.73. The lowest BCUT2D eigenvalue weighted by atomic mass is 10.2. The fraction of sp³-hybridized carbons (Fsp3) is 0.217. The molecule has 4 rings (SSSR count). The van der Waals surface area contributed by atoms with Crippen molar-refractivity contribution in [1.29, 1.82) is 0 Å². The highest BCUT2D eigenvalue weighted by Crippen LogP contribution is 2.36. The molecule has 1 aliphatic heterocycles. The van der Waals surface area contributed by atoms with Crippen LogP contribution in [0.4, 0.5) is 5.69 Å². The zero-order valence-corrected chi connectivity index (χ0v) is 19.8. The van der Waals surface area contributed by atoms with Gasteiger partial charge in [-0.15, -0.1) is 0 Å². The fourth-order valence-electron chi connectivity index (χ4n) is 3.16. The van der Waals surface area contributed by atoms with Gasteiger partial charge >= 0.3 is 0 Å². The summed E-state index contributed by atoms with van der Waals surface area (Å²) >= 11 is 16.1. The molecule has 3 aromatic carbocycles. The van der Waals surface area contributed by atoms with E-state index in [0.717, 1.165) is 32.8 Å².